The second kappa shape index (κ2) is 9.02. The van der Waals surface area contributed by atoms with E-state index in [-0.39, 0.29) is 12.5 Å². The number of benzene rings is 2. The molecule has 0 fully saturated rings. The maximum atomic E-state index is 13.0. The van der Waals surface area contributed by atoms with E-state index in [0.29, 0.717) is 0 Å². The van der Waals surface area contributed by atoms with E-state index in [9.17, 15) is 19.5 Å². The zero-order valence-electron chi connectivity index (χ0n) is 19.1. The monoisotopic (exact) mass is 438 g/mol. The largest absolute Gasteiger partial charge is 0.480 e. The molecule has 0 aromatic heterocycles. The number of carboxylic acids is 1. The van der Waals surface area contributed by atoms with Crippen LogP contribution in [0.15, 0.2) is 48.5 Å². The van der Waals surface area contributed by atoms with Gasteiger partial charge in [-0.1, -0.05) is 69.3 Å². The third-order valence-corrected chi connectivity index (χ3v) is 6.00. The van der Waals surface area contributed by atoms with Gasteiger partial charge in [0.2, 0.25) is 5.91 Å². The maximum absolute atomic E-state index is 13.0. The highest BCUT2D eigenvalue weighted by Gasteiger charge is 2.38. The number of carbonyl (C=O) groups is 3. The van der Waals surface area contributed by atoms with E-state index in [1.54, 1.807) is 20.8 Å². The molecule has 7 heteroatoms. The number of hydrogen-bond donors (Lipinski definition) is 2. The number of rotatable bonds is 6. The van der Waals surface area contributed by atoms with E-state index in [4.69, 9.17) is 4.74 Å². The molecule has 7 nitrogen and oxygen atoms in total. The topological polar surface area (TPSA) is 95.9 Å². The zero-order valence-corrected chi connectivity index (χ0v) is 19.1. The summed E-state index contributed by atoms with van der Waals surface area (Å²) in [4.78, 5) is 38.1. The fourth-order valence-electron chi connectivity index (χ4n) is 3.97. The molecule has 2 aromatic carbocycles. The molecule has 0 radical (unpaired) electrons. The second-order valence-electron chi connectivity index (χ2n) is 9.23. The lowest BCUT2D eigenvalue weighted by molar-refractivity contribution is -0.150. The summed E-state index contributed by atoms with van der Waals surface area (Å²) in [5, 5.41) is 11.9. The van der Waals surface area contributed by atoms with Gasteiger partial charge in [-0.05, 0) is 34.6 Å². The molecule has 170 valence electrons. The van der Waals surface area contributed by atoms with Crippen LogP contribution in [0.3, 0.4) is 0 Å². The third kappa shape index (κ3) is 4.61. The Hall–Kier alpha value is -3.35. The molecule has 0 spiro atoms. The predicted octanol–water partition coefficient (Wildman–Crippen LogP) is 3.87. The van der Waals surface area contributed by atoms with Crippen molar-refractivity contribution in [2.45, 2.75) is 45.7 Å². The van der Waals surface area contributed by atoms with Crippen molar-refractivity contribution in [1.29, 1.82) is 0 Å². The molecule has 2 N–H and O–H groups in total. The van der Waals surface area contributed by atoms with Crippen molar-refractivity contribution in [3.05, 3.63) is 59.7 Å². The SMILES string of the molecule is C[C@@H](C(=O)O)N(C)C(=O)[C@@H](NC(=O)OCC1c2ccccc2-c2ccccc21)C(C)(C)C. The number of nitrogens with zero attached hydrogens (tertiary/aromatic N) is 1. The Morgan fingerprint density at radius 3 is 2.00 bits per heavy atom. The summed E-state index contributed by atoms with van der Waals surface area (Å²) < 4.78 is 5.57. The fraction of sp³-hybridized carbons (Fsp3) is 0.400. The van der Waals surface area contributed by atoms with Gasteiger partial charge in [0.05, 0.1) is 0 Å². The number of nitrogens with one attached hydrogen (secondary N) is 1. The van der Waals surface area contributed by atoms with E-state index in [0.717, 1.165) is 27.2 Å². The first kappa shape index (κ1) is 23.3. The Labute approximate surface area is 188 Å². The highest BCUT2D eigenvalue weighted by Crippen LogP contribution is 2.44. The van der Waals surface area contributed by atoms with Crippen LogP contribution in [0.25, 0.3) is 11.1 Å². The first-order valence-electron chi connectivity index (χ1n) is 10.6. The maximum Gasteiger partial charge on any atom is 0.407 e. The van der Waals surface area contributed by atoms with Crippen LogP contribution < -0.4 is 5.32 Å². The number of hydrogen-bond acceptors (Lipinski definition) is 4. The normalized spacial score (nSPS) is 14.7. The number of aliphatic carboxylic acids is 1. The molecule has 0 bridgehead atoms. The van der Waals surface area contributed by atoms with Crippen LogP contribution in [0, 0.1) is 5.41 Å². The van der Waals surface area contributed by atoms with Crippen LogP contribution >= 0.6 is 0 Å². The van der Waals surface area contributed by atoms with Gasteiger partial charge >= 0.3 is 12.1 Å². The minimum Gasteiger partial charge on any atom is -0.480 e. The molecule has 0 aliphatic heterocycles. The summed E-state index contributed by atoms with van der Waals surface area (Å²) in [5.41, 5.74) is 3.81. The summed E-state index contributed by atoms with van der Waals surface area (Å²) in [6.45, 7) is 6.97. The van der Waals surface area contributed by atoms with Crippen LogP contribution in [-0.4, -0.2) is 53.7 Å². The standard InChI is InChI=1S/C25H30N2O5/c1-15(23(29)30)27(5)22(28)21(25(2,3)4)26-24(31)32-14-20-18-12-8-6-10-16(18)17-11-7-9-13-19(17)20/h6-13,15,20-21H,14H2,1-5H3,(H,26,31)(H,29,30)/t15-,21+/m0/s1. The minimum absolute atomic E-state index is 0.0911. The molecule has 2 aromatic rings. The van der Waals surface area contributed by atoms with Crippen molar-refractivity contribution >= 4 is 18.0 Å². The Bertz CT molecular complexity index is 981. The lowest BCUT2D eigenvalue weighted by atomic mass is 9.85. The fourth-order valence-corrected chi connectivity index (χ4v) is 3.97. The van der Waals surface area contributed by atoms with E-state index in [2.05, 4.69) is 17.4 Å². The van der Waals surface area contributed by atoms with Gasteiger partial charge in [0.1, 0.15) is 18.7 Å². The Morgan fingerprint density at radius 2 is 1.53 bits per heavy atom. The highest BCUT2D eigenvalue weighted by atomic mass is 16.5. The molecule has 32 heavy (non-hydrogen) atoms. The number of alkyl carbamates (subject to hydrolysis) is 1. The summed E-state index contributed by atoms with van der Waals surface area (Å²) in [6.07, 6.45) is -0.712. The zero-order chi connectivity index (χ0) is 23.6. The van der Waals surface area contributed by atoms with Gasteiger partial charge in [0, 0.05) is 13.0 Å². The van der Waals surface area contributed by atoms with Crippen molar-refractivity contribution in [2.24, 2.45) is 5.41 Å². The summed E-state index contributed by atoms with van der Waals surface area (Å²) >= 11 is 0. The van der Waals surface area contributed by atoms with E-state index in [1.165, 1.54) is 14.0 Å². The smallest absolute Gasteiger partial charge is 0.407 e. The second-order valence-corrected chi connectivity index (χ2v) is 9.23. The molecular weight excluding hydrogens is 408 g/mol. The summed E-state index contributed by atoms with van der Waals surface area (Å²) in [7, 11) is 1.42. The molecule has 2 amide bonds. The first-order chi connectivity index (χ1) is 15.0. The molecule has 0 unspecified atom stereocenters. The van der Waals surface area contributed by atoms with Crippen LogP contribution in [0.5, 0.6) is 0 Å². The van der Waals surface area contributed by atoms with Crippen molar-refractivity contribution in [3.8, 4) is 11.1 Å². The third-order valence-electron chi connectivity index (χ3n) is 6.00. The molecular formula is C25H30N2O5. The molecule has 1 aliphatic carbocycles. The van der Waals surface area contributed by atoms with Crippen molar-refractivity contribution in [3.63, 3.8) is 0 Å². The molecule has 3 rings (SSSR count). The summed E-state index contributed by atoms with van der Waals surface area (Å²) in [5.74, 6) is -1.69. The number of amides is 2. The summed E-state index contributed by atoms with van der Waals surface area (Å²) in [6, 6.07) is 14.1. The van der Waals surface area contributed by atoms with Gasteiger partial charge in [-0.25, -0.2) is 9.59 Å². The molecule has 0 saturated carbocycles. The first-order valence-corrected chi connectivity index (χ1v) is 10.6. The lowest BCUT2D eigenvalue weighted by Gasteiger charge is -2.34. The molecule has 2 atom stereocenters. The number of ether oxygens (including phenoxy) is 1. The number of likely N-dealkylation sites (N-methyl/N-ethyl adjacent to an activating group) is 1. The van der Waals surface area contributed by atoms with E-state index < -0.39 is 35.5 Å². The minimum atomic E-state index is -1.12. The van der Waals surface area contributed by atoms with Gasteiger partial charge in [-0.15, -0.1) is 0 Å². The van der Waals surface area contributed by atoms with Crippen LogP contribution in [0.2, 0.25) is 0 Å². The number of carbonyl (C=O) groups excluding carboxylic acids is 2. The van der Waals surface area contributed by atoms with E-state index in [1.807, 2.05) is 36.4 Å². The molecule has 1 aliphatic rings. The lowest BCUT2D eigenvalue weighted by Crippen LogP contribution is -2.56. The van der Waals surface area contributed by atoms with Gasteiger partial charge in [-0.2, -0.15) is 0 Å². The molecule has 0 heterocycles. The van der Waals surface area contributed by atoms with E-state index >= 15 is 0 Å². The van der Waals surface area contributed by atoms with Gasteiger partial charge in [0.15, 0.2) is 0 Å². The molecule has 0 saturated heterocycles. The van der Waals surface area contributed by atoms with Gasteiger partial charge in [0.25, 0.3) is 0 Å². The van der Waals surface area contributed by atoms with Crippen LogP contribution in [-0.2, 0) is 14.3 Å². The quantitative estimate of drug-likeness (QED) is 0.714. The number of fused-ring (bicyclic) bond motifs is 3. The predicted molar refractivity (Wildman–Crippen MR) is 121 cm³/mol. The Balaban J connectivity index is 1.73. The van der Waals surface area contributed by atoms with Crippen LogP contribution in [0.4, 0.5) is 4.79 Å². The number of carboxylic acid groups (broad SMARTS) is 1. The Kier molecular flexibility index (Phi) is 6.57. The average molecular weight is 439 g/mol. The van der Waals surface area contributed by atoms with Gasteiger partial charge in [-0.3, -0.25) is 4.79 Å². The van der Waals surface area contributed by atoms with Crippen molar-refractivity contribution < 1.29 is 24.2 Å². The Morgan fingerprint density at radius 1 is 1.03 bits per heavy atom. The van der Waals surface area contributed by atoms with Crippen LogP contribution in [0.1, 0.15) is 44.7 Å². The van der Waals surface area contributed by atoms with Crippen molar-refractivity contribution in [2.75, 3.05) is 13.7 Å². The van der Waals surface area contributed by atoms with Crippen molar-refractivity contribution in [1.82, 2.24) is 10.2 Å². The highest BCUT2D eigenvalue weighted by molar-refractivity contribution is 5.89. The average Bonchev–Trinajstić information content (AvgIpc) is 3.07. The van der Waals surface area contributed by atoms with Gasteiger partial charge < -0.3 is 20.1 Å².